The van der Waals surface area contributed by atoms with Crippen molar-refractivity contribution in [1.29, 1.82) is 0 Å². The van der Waals surface area contributed by atoms with E-state index in [2.05, 4.69) is 10.2 Å². The summed E-state index contributed by atoms with van der Waals surface area (Å²) < 4.78 is 0. The Labute approximate surface area is 100 Å². The minimum absolute atomic E-state index is 0.384. The van der Waals surface area contributed by atoms with Crippen LogP contribution in [0.3, 0.4) is 0 Å². The summed E-state index contributed by atoms with van der Waals surface area (Å²) in [4.78, 5) is 13.6. The molecule has 17 heavy (non-hydrogen) atoms. The van der Waals surface area contributed by atoms with Crippen LogP contribution in [-0.4, -0.2) is 30.2 Å². The Bertz CT molecular complexity index is 455. The molecule has 4 heteroatoms. The molecule has 0 aromatic heterocycles. The molecular formula is C13H16N2O2. The molecule has 2 N–H and O–H groups in total. The molecule has 1 aromatic rings. The fourth-order valence-corrected chi connectivity index (χ4v) is 2.49. The van der Waals surface area contributed by atoms with E-state index in [0.29, 0.717) is 11.6 Å². The number of anilines is 2. The summed E-state index contributed by atoms with van der Waals surface area (Å²) >= 11 is 0. The summed E-state index contributed by atoms with van der Waals surface area (Å²) in [6.07, 6.45) is 3.53. The minimum Gasteiger partial charge on any atom is -0.478 e. The largest absolute Gasteiger partial charge is 0.478 e. The number of rotatable bonds is 2. The Morgan fingerprint density at radius 1 is 1.41 bits per heavy atom. The van der Waals surface area contributed by atoms with Crippen molar-refractivity contribution in [2.45, 2.75) is 25.3 Å². The Hall–Kier alpha value is -1.71. The fourth-order valence-electron chi connectivity index (χ4n) is 2.49. The van der Waals surface area contributed by atoms with E-state index >= 15 is 0 Å². The molecule has 0 amide bonds. The highest BCUT2D eigenvalue weighted by Gasteiger charge is 2.32. The van der Waals surface area contributed by atoms with Crippen molar-refractivity contribution < 1.29 is 9.90 Å². The topological polar surface area (TPSA) is 52.6 Å². The number of hydrogen-bond acceptors (Lipinski definition) is 3. The number of benzene rings is 1. The van der Waals surface area contributed by atoms with Crippen molar-refractivity contribution in [2.24, 2.45) is 0 Å². The highest BCUT2D eigenvalue weighted by molar-refractivity contribution is 5.98. The van der Waals surface area contributed by atoms with E-state index in [1.807, 2.05) is 12.1 Å². The summed E-state index contributed by atoms with van der Waals surface area (Å²) in [7, 11) is 0. The van der Waals surface area contributed by atoms with Gasteiger partial charge in [-0.15, -0.1) is 0 Å². The molecule has 90 valence electrons. The Morgan fingerprint density at radius 3 is 2.94 bits per heavy atom. The van der Waals surface area contributed by atoms with Crippen LogP contribution in [0.25, 0.3) is 0 Å². The number of carbonyl (C=O) groups is 1. The normalized spacial score (nSPS) is 19.2. The standard InChI is InChI=1S/C13H16N2O2/c16-13(17)10-3-1-4-11-12(10)14-7-2-8-15(11)9-5-6-9/h1,3-4,9,14H,2,5-8H2,(H,16,17). The van der Waals surface area contributed by atoms with Gasteiger partial charge in [0.15, 0.2) is 0 Å². The third-order valence-electron chi connectivity index (χ3n) is 3.45. The smallest absolute Gasteiger partial charge is 0.337 e. The average Bonchev–Trinajstić information content (AvgIpc) is 3.13. The number of aromatic carboxylic acids is 1. The van der Waals surface area contributed by atoms with Gasteiger partial charge in [0, 0.05) is 19.1 Å². The van der Waals surface area contributed by atoms with E-state index in [9.17, 15) is 9.90 Å². The van der Waals surface area contributed by atoms with Crippen LogP contribution in [0.15, 0.2) is 18.2 Å². The molecule has 1 fully saturated rings. The second kappa shape index (κ2) is 3.95. The number of para-hydroxylation sites is 1. The SMILES string of the molecule is O=C(O)c1cccc2c1NCCCN2C1CC1. The van der Waals surface area contributed by atoms with Crippen LogP contribution < -0.4 is 10.2 Å². The van der Waals surface area contributed by atoms with Crippen LogP contribution in [0.1, 0.15) is 29.6 Å². The Balaban J connectivity index is 2.07. The first-order valence-electron chi connectivity index (χ1n) is 6.14. The van der Waals surface area contributed by atoms with Gasteiger partial charge in [0.25, 0.3) is 0 Å². The Morgan fingerprint density at radius 2 is 2.24 bits per heavy atom. The molecule has 1 aliphatic carbocycles. The summed E-state index contributed by atoms with van der Waals surface area (Å²) in [6, 6.07) is 6.16. The quantitative estimate of drug-likeness (QED) is 0.820. The zero-order chi connectivity index (χ0) is 11.8. The first-order valence-corrected chi connectivity index (χ1v) is 6.14. The first kappa shape index (κ1) is 10.4. The van der Waals surface area contributed by atoms with E-state index in [1.165, 1.54) is 12.8 Å². The van der Waals surface area contributed by atoms with Gasteiger partial charge in [0.05, 0.1) is 16.9 Å². The van der Waals surface area contributed by atoms with Crippen molar-refractivity contribution in [3.63, 3.8) is 0 Å². The van der Waals surface area contributed by atoms with Crippen molar-refractivity contribution in [3.8, 4) is 0 Å². The molecular weight excluding hydrogens is 216 g/mol. The fraction of sp³-hybridized carbons (Fsp3) is 0.462. The van der Waals surface area contributed by atoms with Crippen LogP contribution in [-0.2, 0) is 0 Å². The third-order valence-corrected chi connectivity index (χ3v) is 3.45. The van der Waals surface area contributed by atoms with Crippen molar-refractivity contribution >= 4 is 17.3 Å². The predicted octanol–water partition coefficient (Wildman–Crippen LogP) is 2.17. The number of carboxylic acid groups (broad SMARTS) is 1. The van der Waals surface area contributed by atoms with Gasteiger partial charge >= 0.3 is 5.97 Å². The monoisotopic (exact) mass is 232 g/mol. The number of carboxylic acids is 1. The Kier molecular flexibility index (Phi) is 2.42. The lowest BCUT2D eigenvalue weighted by atomic mass is 10.1. The van der Waals surface area contributed by atoms with Gasteiger partial charge in [0.1, 0.15) is 0 Å². The molecule has 2 aliphatic rings. The molecule has 0 radical (unpaired) electrons. The van der Waals surface area contributed by atoms with Crippen molar-refractivity contribution in [2.75, 3.05) is 23.3 Å². The molecule has 0 spiro atoms. The zero-order valence-corrected chi connectivity index (χ0v) is 9.65. The van der Waals surface area contributed by atoms with Crippen molar-refractivity contribution in [1.82, 2.24) is 0 Å². The molecule has 1 saturated carbocycles. The maximum atomic E-state index is 11.2. The van der Waals surface area contributed by atoms with Crippen molar-refractivity contribution in [3.05, 3.63) is 23.8 Å². The van der Waals surface area contributed by atoms with E-state index in [-0.39, 0.29) is 0 Å². The van der Waals surface area contributed by atoms with Gasteiger partial charge in [-0.05, 0) is 31.4 Å². The molecule has 1 aromatic carbocycles. The molecule has 4 nitrogen and oxygen atoms in total. The molecule has 0 atom stereocenters. The number of fused-ring (bicyclic) bond motifs is 1. The number of hydrogen-bond donors (Lipinski definition) is 2. The van der Waals surface area contributed by atoms with Gasteiger partial charge in [0.2, 0.25) is 0 Å². The van der Waals surface area contributed by atoms with Crippen LogP contribution in [0.5, 0.6) is 0 Å². The highest BCUT2D eigenvalue weighted by Crippen LogP contribution is 2.38. The summed E-state index contributed by atoms with van der Waals surface area (Å²) in [5, 5.41) is 12.5. The second-order valence-electron chi connectivity index (χ2n) is 4.71. The second-order valence-corrected chi connectivity index (χ2v) is 4.71. The molecule has 3 rings (SSSR count). The zero-order valence-electron chi connectivity index (χ0n) is 9.65. The third kappa shape index (κ3) is 1.84. The van der Waals surface area contributed by atoms with Crippen LogP contribution in [0.4, 0.5) is 11.4 Å². The molecule has 0 saturated heterocycles. The highest BCUT2D eigenvalue weighted by atomic mass is 16.4. The first-order chi connectivity index (χ1) is 8.27. The van der Waals surface area contributed by atoms with Crippen LogP contribution >= 0.6 is 0 Å². The van der Waals surface area contributed by atoms with E-state index in [0.717, 1.165) is 30.9 Å². The van der Waals surface area contributed by atoms with E-state index in [4.69, 9.17) is 0 Å². The van der Waals surface area contributed by atoms with Crippen LogP contribution in [0, 0.1) is 0 Å². The summed E-state index contributed by atoms with van der Waals surface area (Å²) in [6.45, 7) is 1.87. The van der Waals surface area contributed by atoms with Crippen LogP contribution in [0.2, 0.25) is 0 Å². The predicted molar refractivity (Wildman–Crippen MR) is 66.9 cm³/mol. The lowest BCUT2D eigenvalue weighted by Crippen LogP contribution is -2.26. The molecule has 1 aliphatic heterocycles. The molecule has 0 bridgehead atoms. The lowest BCUT2D eigenvalue weighted by Gasteiger charge is -2.24. The lowest BCUT2D eigenvalue weighted by molar-refractivity contribution is 0.0698. The van der Waals surface area contributed by atoms with Gasteiger partial charge < -0.3 is 15.3 Å². The summed E-state index contributed by atoms with van der Waals surface area (Å²) in [5.74, 6) is -0.855. The average molecular weight is 232 g/mol. The van der Waals surface area contributed by atoms with Gasteiger partial charge in [-0.1, -0.05) is 6.07 Å². The molecule has 0 unspecified atom stereocenters. The van der Waals surface area contributed by atoms with Gasteiger partial charge in [-0.2, -0.15) is 0 Å². The van der Waals surface area contributed by atoms with Gasteiger partial charge in [-0.25, -0.2) is 4.79 Å². The maximum absolute atomic E-state index is 11.2. The number of nitrogens with one attached hydrogen (secondary N) is 1. The molecule has 1 heterocycles. The maximum Gasteiger partial charge on any atom is 0.337 e. The van der Waals surface area contributed by atoms with E-state index in [1.54, 1.807) is 6.07 Å². The number of nitrogens with zero attached hydrogens (tertiary/aromatic N) is 1. The summed E-state index contributed by atoms with van der Waals surface area (Å²) in [5.41, 5.74) is 2.24. The van der Waals surface area contributed by atoms with E-state index < -0.39 is 5.97 Å². The van der Waals surface area contributed by atoms with Gasteiger partial charge in [-0.3, -0.25) is 0 Å². The minimum atomic E-state index is -0.855.